The van der Waals surface area contributed by atoms with Crippen LogP contribution in [0.15, 0.2) is 18.3 Å². The summed E-state index contributed by atoms with van der Waals surface area (Å²) >= 11 is 0. The number of esters is 1. The number of pyridine rings is 1. The number of hydrogen-bond acceptors (Lipinski definition) is 5. The quantitative estimate of drug-likeness (QED) is 0.747. The molecule has 0 unspecified atom stereocenters. The van der Waals surface area contributed by atoms with Gasteiger partial charge >= 0.3 is 5.97 Å². The van der Waals surface area contributed by atoms with Gasteiger partial charge in [-0.2, -0.15) is 0 Å². The van der Waals surface area contributed by atoms with Crippen molar-refractivity contribution in [2.24, 2.45) is 5.73 Å². The summed E-state index contributed by atoms with van der Waals surface area (Å²) in [5.41, 5.74) is 5.59. The molecule has 1 aromatic rings. The summed E-state index contributed by atoms with van der Waals surface area (Å²) in [6, 6.07) is 3.22. The van der Waals surface area contributed by atoms with Crippen molar-refractivity contribution >= 4 is 17.7 Å². The number of primary amides is 1. The third-order valence-electron chi connectivity index (χ3n) is 2.39. The van der Waals surface area contributed by atoms with Gasteiger partial charge in [0.2, 0.25) is 0 Å². The number of rotatable bonds is 6. The van der Waals surface area contributed by atoms with E-state index in [2.05, 4.69) is 9.72 Å². The number of anilines is 1. The number of nitrogens with two attached hydrogens (primary N) is 1. The van der Waals surface area contributed by atoms with E-state index in [0.717, 1.165) is 6.42 Å². The number of carbonyl (C=O) groups is 2. The monoisotopic (exact) mass is 251 g/mol. The Labute approximate surface area is 106 Å². The van der Waals surface area contributed by atoms with Crippen LogP contribution in [-0.4, -0.2) is 37.1 Å². The van der Waals surface area contributed by atoms with Crippen LogP contribution in [-0.2, 0) is 9.53 Å². The molecule has 0 aliphatic rings. The van der Waals surface area contributed by atoms with Crippen LogP contribution >= 0.6 is 0 Å². The fourth-order valence-corrected chi connectivity index (χ4v) is 1.59. The minimum atomic E-state index is -0.566. The highest BCUT2D eigenvalue weighted by Crippen LogP contribution is 2.16. The van der Waals surface area contributed by atoms with Gasteiger partial charge in [0.05, 0.1) is 12.7 Å². The Balaban J connectivity index is 3.04. The van der Waals surface area contributed by atoms with E-state index in [4.69, 9.17) is 5.73 Å². The number of aromatic nitrogens is 1. The van der Waals surface area contributed by atoms with Gasteiger partial charge in [-0.15, -0.1) is 0 Å². The van der Waals surface area contributed by atoms with E-state index >= 15 is 0 Å². The van der Waals surface area contributed by atoms with Gasteiger partial charge in [-0.3, -0.25) is 9.59 Å². The summed E-state index contributed by atoms with van der Waals surface area (Å²) in [6.45, 7) is 2.60. The molecule has 0 aromatic carbocycles. The number of carbonyl (C=O) groups excluding carboxylic acids is 2. The van der Waals surface area contributed by atoms with Crippen molar-refractivity contribution in [1.82, 2.24) is 4.98 Å². The molecule has 0 aliphatic heterocycles. The SMILES string of the molecule is CCCN(CC(=O)OC)c1ncccc1C(N)=O. The summed E-state index contributed by atoms with van der Waals surface area (Å²) in [7, 11) is 1.32. The number of methoxy groups -OCH3 is 1. The molecule has 0 radical (unpaired) electrons. The number of nitrogens with zero attached hydrogens (tertiary/aromatic N) is 2. The number of ether oxygens (including phenoxy) is 1. The third-order valence-corrected chi connectivity index (χ3v) is 2.39. The zero-order chi connectivity index (χ0) is 13.5. The first-order chi connectivity index (χ1) is 8.60. The van der Waals surface area contributed by atoms with Gasteiger partial charge in [-0.25, -0.2) is 4.98 Å². The molecule has 6 nitrogen and oxygen atoms in total. The molecule has 0 spiro atoms. The summed E-state index contributed by atoms with van der Waals surface area (Å²) in [6.07, 6.45) is 2.37. The zero-order valence-electron chi connectivity index (χ0n) is 10.5. The predicted octanol–water partition coefficient (Wildman–Crippen LogP) is 0.570. The van der Waals surface area contributed by atoms with Crippen LogP contribution in [0, 0.1) is 0 Å². The second kappa shape index (κ2) is 6.58. The van der Waals surface area contributed by atoms with Gasteiger partial charge in [0, 0.05) is 12.7 Å². The first-order valence-electron chi connectivity index (χ1n) is 5.66. The Morgan fingerprint density at radius 3 is 2.78 bits per heavy atom. The van der Waals surface area contributed by atoms with Crippen molar-refractivity contribution < 1.29 is 14.3 Å². The van der Waals surface area contributed by atoms with Crippen LogP contribution < -0.4 is 10.6 Å². The molecule has 0 fully saturated rings. The second-order valence-electron chi connectivity index (χ2n) is 3.74. The second-order valence-corrected chi connectivity index (χ2v) is 3.74. The van der Waals surface area contributed by atoms with Gasteiger partial charge in [-0.1, -0.05) is 6.92 Å². The fraction of sp³-hybridized carbons (Fsp3) is 0.417. The molecule has 1 rings (SSSR count). The van der Waals surface area contributed by atoms with Crippen molar-refractivity contribution in [3.63, 3.8) is 0 Å². The van der Waals surface area contributed by atoms with Crippen molar-refractivity contribution in [3.05, 3.63) is 23.9 Å². The van der Waals surface area contributed by atoms with Gasteiger partial charge in [-0.05, 0) is 18.6 Å². The molecule has 0 bridgehead atoms. The molecule has 18 heavy (non-hydrogen) atoms. The number of amides is 1. The molecule has 2 N–H and O–H groups in total. The van der Waals surface area contributed by atoms with Gasteiger partial charge in [0.25, 0.3) is 5.91 Å². The first kappa shape index (κ1) is 14.0. The Morgan fingerprint density at radius 2 is 2.22 bits per heavy atom. The Kier molecular flexibility index (Phi) is 5.10. The van der Waals surface area contributed by atoms with E-state index in [1.165, 1.54) is 7.11 Å². The Bertz CT molecular complexity index is 434. The van der Waals surface area contributed by atoms with E-state index < -0.39 is 5.91 Å². The summed E-state index contributed by atoms with van der Waals surface area (Å²) < 4.78 is 4.62. The molecule has 98 valence electrons. The lowest BCUT2D eigenvalue weighted by Gasteiger charge is -2.23. The first-order valence-corrected chi connectivity index (χ1v) is 5.66. The molecule has 0 saturated carbocycles. The van der Waals surface area contributed by atoms with Crippen LogP contribution in [0.5, 0.6) is 0 Å². The minimum absolute atomic E-state index is 0.0433. The lowest BCUT2D eigenvalue weighted by Crippen LogP contribution is -2.33. The van der Waals surface area contributed by atoms with Crippen LogP contribution in [0.25, 0.3) is 0 Å². The Hall–Kier alpha value is -2.11. The van der Waals surface area contributed by atoms with E-state index in [1.54, 1.807) is 23.2 Å². The predicted molar refractivity (Wildman–Crippen MR) is 67.3 cm³/mol. The average Bonchev–Trinajstić information content (AvgIpc) is 2.38. The molecule has 0 atom stereocenters. The number of hydrogen-bond donors (Lipinski definition) is 1. The van der Waals surface area contributed by atoms with Gasteiger partial charge < -0.3 is 15.4 Å². The summed E-state index contributed by atoms with van der Waals surface area (Å²) in [5.74, 6) is -0.536. The maximum absolute atomic E-state index is 11.3. The average molecular weight is 251 g/mol. The third kappa shape index (κ3) is 3.44. The highest BCUT2D eigenvalue weighted by molar-refractivity contribution is 5.98. The fourth-order valence-electron chi connectivity index (χ4n) is 1.59. The van der Waals surface area contributed by atoms with E-state index in [9.17, 15) is 9.59 Å². The van der Waals surface area contributed by atoms with Gasteiger partial charge in [0.15, 0.2) is 0 Å². The molecule has 6 heteroatoms. The highest BCUT2D eigenvalue weighted by Gasteiger charge is 2.18. The molecule has 1 heterocycles. The van der Waals surface area contributed by atoms with Crippen LogP contribution in [0.2, 0.25) is 0 Å². The van der Waals surface area contributed by atoms with Crippen molar-refractivity contribution in [2.45, 2.75) is 13.3 Å². The summed E-state index contributed by atoms with van der Waals surface area (Å²) in [4.78, 5) is 28.5. The van der Waals surface area contributed by atoms with Crippen LogP contribution in [0.1, 0.15) is 23.7 Å². The molecular formula is C12H17N3O3. The molecular weight excluding hydrogens is 234 g/mol. The highest BCUT2D eigenvalue weighted by atomic mass is 16.5. The molecule has 0 saturated heterocycles. The van der Waals surface area contributed by atoms with Crippen molar-refractivity contribution in [1.29, 1.82) is 0 Å². The minimum Gasteiger partial charge on any atom is -0.468 e. The summed E-state index contributed by atoms with van der Waals surface area (Å²) in [5, 5.41) is 0. The van der Waals surface area contributed by atoms with Crippen LogP contribution in [0.3, 0.4) is 0 Å². The standard InChI is InChI=1S/C12H17N3O3/c1-3-7-15(8-10(16)18-2)12-9(11(13)17)5-4-6-14-12/h4-6H,3,7-8H2,1-2H3,(H2,13,17). The topological polar surface area (TPSA) is 85.5 Å². The lowest BCUT2D eigenvalue weighted by atomic mass is 10.2. The van der Waals surface area contributed by atoms with E-state index in [1.807, 2.05) is 6.92 Å². The van der Waals surface area contributed by atoms with Gasteiger partial charge in [0.1, 0.15) is 12.4 Å². The normalized spacial score (nSPS) is 9.89. The molecule has 1 amide bonds. The smallest absolute Gasteiger partial charge is 0.325 e. The van der Waals surface area contributed by atoms with Crippen molar-refractivity contribution in [3.8, 4) is 0 Å². The van der Waals surface area contributed by atoms with E-state index in [-0.39, 0.29) is 12.5 Å². The maximum atomic E-state index is 11.3. The largest absolute Gasteiger partial charge is 0.468 e. The molecule has 1 aromatic heterocycles. The lowest BCUT2D eigenvalue weighted by molar-refractivity contribution is -0.138. The Morgan fingerprint density at radius 1 is 1.50 bits per heavy atom. The van der Waals surface area contributed by atoms with Crippen LogP contribution in [0.4, 0.5) is 5.82 Å². The zero-order valence-corrected chi connectivity index (χ0v) is 10.5. The van der Waals surface area contributed by atoms with Crippen molar-refractivity contribution in [2.75, 3.05) is 25.1 Å². The molecule has 0 aliphatic carbocycles. The maximum Gasteiger partial charge on any atom is 0.325 e. The van der Waals surface area contributed by atoms with E-state index in [0.29, 0.717) is 17.9 Å².